The number of likely N-dealkylation sites (tertiary alicyclic amines) is 1. The minimum absolute atomic E-state index is 0.141. The lowest BCUT2D eigenvalue weighted by molar-refractivity contribution is -0.149. The van der Waals surface area contributed by atoms with Crippen molar-refractivity contribution in [2.24, 2.45) is 5.92 Å². The van der Waals surface area contributed by atoms with Gasteiger partial charge in [-0.05, 0) is 45.0 Å². The molecule has 2 aromatic rings. The fourth-order valence-electron chi connectivity index (χ4n) is 3.18. The van der Waals surface area contributed by atoms with E-state index in [0.717, 1.165) is 30.7 Å². The van der Waals surface area contributed by atoms with Crippen LogP contribution >= 0.6 is 0 Å². The van der Waals surface area contributed by atoms with E-state index in [1.165, 1.54) is 19.3 Å². The van der Waals surface area contributed by atoms with Crippen LogP contribution in [-0.2, 0) is 16.1 Å². The van der Waals surface area contributed by atoms with Gasteiger partial charge in [0.1, 0.15) is 5.52 Å². The summed E-state index contributed by atoms with van der Waals surface area (Å²) in [5.41, 5.74) is 1.81. The highest BCUT2D eigenvalue weighted by atomic mass is 16.5. The van der Waals surface area contributed by atoms with E-state index in [1.54, 1.807) is 0 Å². The Morgan fingerprint density at radius 2 is 2.00 bits per heavy atom. The second kappa shape index (κ2) is 7.55. The van der Waals surface area contributed by atoms with Gasteiger partial charge >= 0.3 is 5.97 Å². The van der Waals surface area contributed by atoms with Gasteiger partial charge in [-0.25, -0.2) is 4.68 Å². The van der Waals surface area contributed by atoms with Gasteiger partial charge in [0, 0.05) is 6.54 Å². The van der Waals surface area contributed by atoms with Gasteiger partial charge in [-0.2, -0.15) is 0 Å². The molecule has 6 heteroatoms. The van der Waals surface area contributed by atoms with E-state index in [2.05, 4.69) is 15.2 Å². The van der Waals surface area contributed by atoms with Gasteiger partial charge in [0.25, 0.3) is 0 Å². The molecule has 1 aliphatic rings. The molecule has 0 radical (unpaired) electrons. The number of hydrogen-bond acceptors (Lipinski definition) is 5. The Balaban J connectivity index is 1.75. The molecule has 1 aromatic carbocycles. The Kier molecular flexibility index (Phi) is 5.23. The summed E-state index contributed by atoms with van der Waals surface area (Å²) in [4.78, 5) is 14.7. The third kappa shape index (κ3) is 3.88. The quantitative estimate of drug-likeness (QED) is 0.764. The zero-order chi connectivity index (χ0) is 16.1. The van der Waals surface area contributed by atoms with E-state index >= 15 is 0 Å². The standard InChI is InChI=1S/C17H24N4O2/c1-2-23-17(22)14(12-20-10-6-3-7-11-20)13-21-16-9-5-4-8-15(16)18-19-21/h4-5,8-9,14H,2-3,6-7,10-13H2,1H3. The maximum absolute atomic E-state index is 12.4. The summed E-state index contributed by atoms with van der Waals surface area (Å²) < 4.78 is 7.10. The lowest BCUT2D eigenvalue weighted by Gasteiger charge is -2.29. The van der Waals surface area contributed by atoms with Crippen molar-refractivity contribution in [3.63, 3.8) is 0 Å². The molecule has 1 unspecified atom stereocenters. The number of carbonyl (C=O) groups excluding carboxylic acids is 1. The molecule has 1 aliphatic heterocycles. The van der Waals surface area contributed by atoms with Gasteiger partial charge in [-0.3, -0.25) is 4.79 Å². The average molecular weight is 316 g/mol. The summed E-state index contributed by atoms with van der Waals surface area (Å²) >= 11 is 0. The van der Waals surface area contributed by atoms with Crippen molar-refractivity contribution in [3.8, 4) is 0 Å². The van der Waals surface area contributed by atoms with Gasteiger partial charge in [0.05, 0.1) is 24.6 Å². The summed E-state index contributed by atoms with van der Waals surface area (Å²) in [6, 6.07) is 7.82. The van der Waals surface area contributed by atoms with E-state index in [9.17, 15) is 4.79 Å². The Labute approximate surface area is 136 Å². The molecule has 0 saturated carbocycles. The summed E-state index contributed by atoms with van der Waals surface area (Å²) in [5.74, 6) is -0.351. The van der Waals surface area contributed by atoms with E-state index in [1.807, 2.05) is 35.9 Å². The fourth-order valence-corrected chi connectivity index (χ4v) is 3.18. The molecule has 1 saturated heterocycles. The lowest BCUT2D eigenvalue weighted by Crippen LogP contribution is -2.39. The molecule has 23 heavy (non-hydrogen) atoms. The van der Waals surface area contributed by atoms with Crippen LogP contribution in [0.4, 0.5) is 0 Å². The number of para-hydroxylation sites is 1. The molecule has 2 heterocycles. The van der Waals surface area contributed by atoms with Crippen LogP contribution in [0.2, 0.25) is 0 Å². The van der Waals surface area contributed by atoms with Gasteiger partial charge in [0.15, 0.2) is 0 Å². The fraction of sp³-hybridized carbons (Fsp3) is 0.588. The first kappa shape index (κ1) is 15.9. The minimum Gasteiger partial charge on any atom is -0.466 e. The highest BCUT2D eigenvalue weighted by Crippen LogP contribution is 2.16. The molecule has 0 bridgehead atoms. The number of rotatable bonds is 6. The largest absolute Gasteiger partial charge is 0.466 e. The van der Waals surface area contributed by atoms with Gasteiger partial charge < -0.3 is 9.64 Å². The molecule has 0 amide bonds. The highest BCUT2D eigenvalue weighted by Gasteiger charge is 2.25. The van der Waals surface area contributed by atoms with Crippen molar-refractivity contribution in [1.82, 2.24) is 19.9 Å². The summed E-state index contributed by atoms with van der Waals surface area (Å²) in [5, 5.41) is 8.38. The maximum atomic E-state index is 12.4. The lowest BCUT2D eigenvalue weighted by atomic mass is 10.1. The van der Waals surface area contributed by atoms with Crippen LogP contribution in [0.1, 0.15) is 26.2 Å². The number of carbonyl (C=O) groups is 1. The van der Waals surface area contributed by atoms with Crippen molar-refractivity contribution >= 4 is 17.0 Å². The first-order chi connectivity index (χ1) is 11.3. The molecule has 124 valence electrons. The maximum Gasteiger partial charge on any atom is 0.312 e. The van der Waals surface area contributed by atoms with Crippen molar-refractivity contribution in [1.29, 1.82) is 0 Å². The van der Waals surface area contributed by atoms with E-state index < -0.39 is 0 Å². The van der Waals surface area contributed by atoms with Crippen molar-refractivity contribution in [3.05, 3.63) is 24.3 Å². The average Bonchev–Trinajstić information content (AvgIpc) is 2.99. The SMILES string of the molecule is CCOC(=O)C(CN1CCCCC1)Cn1nnc2ccccc21. The second-order valence-electron chi connectivity index (χ2n) is 6.07. The molecule has 1 aromatic heterocycles. The first-order valence-corrected chi connectivity index (χ1v) is 8.45. The predicted molar refractivity (Wildman–Crippen MR) is 87.9 cm³/mol. The van der Waals surface area contributed by atoms with E-state index in [4.69, 9.17) is 4.74 Å². The first-order valence-electron chi connectivity index (χ1n) is 8.45. The van der Waals surface area contributed by atoms with Gasteiger partial charge in [0.2, 0.25) is 0 Å². The predicted octanol–water partition coefficient (Wildman–Crippen LogP) is 2.10. The molecule has 1 fully saturated rings. The number of esters is 1. The third-order valence-corrected chi connectivity index (χ3v) is 4.36. The van der Waals surface area contributed by atoms with Crippen molar-refractivity contribution in [2.45, 2.75) is 32.7 Å². The molecule has 3 rings (SSSR count). The van der Waals surface area contributed by atoms with E-state index in [0.29, 0.717) is 13.2 Å². The molecule has 0 N–H and O–H groups in total. The molecule has 1 atom stereocenters. The molecule has 6 nitrogen and oxygen atoms in total. The summed E-state index contributed by atoms with van der Waals surface area (Å²) in [6.07, 6.45) is 3.71. The van der Waals surface area contributed by atoms with Crippen LogP contribution in [0.3, 0.4) is 0 Å². The topological polar surface area (TPSA) is 60.2 Å². The molecular formula is C17H24N4O2. The number of nitrogens with zero attached hydrogens (tertiary/aromatic N) is 4. The Hall–Kier alpha value is -1.95. The smallest absolute Gasteiger partial charge is 0.312 e. The monoisotopic (exact) mass is 316 g/mol. The number of ether oxygens (including phenoxy) is 1. The Morgan fingerprint density at radius 1 is 1.22 bits per heavy atom. The van der Waals surface area contributed by atoms with Crippen LogP contribution in [-0.4, -0.2) is 52.1 Å². The normalized spacial score (nSPS) is 17.3. The van der Waals surface area contributed by atoms with Crippen LogP contribution in [0.15, 0.2) is 24.3 Å². The van der Waals surface area contributed by atoms with Crippen LogP contribution in [0, 0.1) is 5.92 Å². The van der Waals surface area contributed by atoms with Crippen LogP contribution in [0.5, 0.6) is 0 Å². The minimum atomic E-state index is -0.210. The molecule has 0 aliphatic carbocycles. The molecule has 0 spiro atoms. The Bertz CT molecular complexity index is 649. The van der Waals surface area contributed by atoms with Crippen LogP contribution < -0.4 is 0 Å². The van der Waals surface area contributed by atoms with Crippen molar-refractivity contribution < 1.29 is 9.53 Å². The number of benzene rings is 1. The number of piperidine rings is 1. The van der Waals surface area contributed by atoms with Gasteiger partial charge in [-0.1, -0.05) is 23.8 Å². The summed E-state index contributed by atoms with van der Waals surface area (Å²) in [6.45, 7) is 5.62. The molecular weight excluding hydrogens is 292 g/mol. The number of aromatic nitrogens is 3. The van der Waals surface area contributed by atoms with Crippen molar-refractivity contribution in [2.75, 3.05) is 26.2 Å². The number of hydrogen-bond donors (Lipinski definition) is 0. The van der Waals surface area contributed by atoms with Crippen LogP contribution in [0.25, 0.3) is 11.0 Å². The number of fused-ring (bicyclic) bond motifs is 1. The summed E-state index contributed by atoms with van der Waals surface area (Å²) in [7, 11) is 0. The zero-order valence-electron chi connectivity index (χ0n) is 13.6. The van der Waals surface area contributed by atoms with E-state index in [-0.39, 0.29) is 11.9 Å². The Morgan fingerprint density at radius 3 is 2.78 bits per heavy atom. The van der Waals surface area contributed by atoms with Gasteiger partial charge in [-0.15, -0.1) is 5.10 Å². The third-order valence-electron chi connectivity index (χ3n) is 4.36. The zero-order valence-corrected chi connectivity index (χ0v) is 13.6. The second-order valence-corrected chi connectivity index (χ2v) is 6.07. The highest BCUT2D eigenvalue weighted by molar-refractivity contribution is 5.75.